The summed E-state index contributed by atoms with van der Waals surface area (Å²) in [5, 5.41) is 15.5. The largest absolute Gasteiger partial charge is 0.464 e. The van der Waals surface area contributed by atoms with E-state index in [1.165, 1.54) is 0 Å². The maximum Gasteiger partial charge on any atom is 0.328 e. The van der Waals surface area contributed by atoms with Gasteiger partial charge in [-0.2, -0.15) is 0 Å². The lowest BCUT2D eigenvalue weighted by atomic mass is 9.83. The van der Waals surface area contributed by atoms with Crippen molar-refractivity contribution in [2.75, 3.05) is 45.9 Å². The molecule has 0 radical (unpaired) electrons. The van der Waals surface area contributed by atoms with E-state index in [2.05, 4.69) is 15.5 Å². The standard InChI is InChI=1S/C25H37Cl2N3O5/c1-2-34-25(33)20(15-17-7-4-3-5-8-17)29-24(32)18-16-19(26)23(21(27)22(18)31)35-14-6-11-30-12-9-28-10-13-30/h3-5,7-8,18-23,28,31H,2,6,9-16H2,1H3,(H,29,32)/t18?,19?,20-,21?,22?,23?/m1/s1. The van der Waals surface area contributed by atoms with Crippen LogP contribution >= 0.6 is 23.2 Å². The number of ether oxygens (including phenoxy) is 2. The van der Waals surface area contributed by atoms with E-state index in [4.69, 9.17) is 32.7 Å². The summed E-state index contributed by atoms with van der Waals surface area (Å²) in [5.74, 6) is -1.85. The van der Waals surface area contributed by atoms with Crippen molar-refractivity contribution in [1.82, 2.24) is 15.5 Å². The summed E-state index contributed by atoms with van der Waals surface area (Å²) >= 11 is 13.1. The molecule has 1 aromatic carbocycles. The zero-order valence-corrected chi connectivity index (χ0v) is 21.7. The average molecular weight is 530 g/mol. The lowest BCUT2D eigenvalue weighted by Gasteiger charge is -2.39. The van der Waals surface area contributed by atoms with Gasteiger partial charge in [0.05, 0.1) is 35.5 Å². The highest BCUT2D eigenvalue weighted by Gasteiger charge is 2.46. The first kappa shape index (κ1) is 28.2. The molecule has 3 rings (SSSR count). The van der Waals surface area contributed by atoms with Gasteiger partial charge in [-0.25, -0.2) is 4.79 Å². The van der Waals surface area contributed by atoms with Gasteiger partial charge in [-0.15, -0.1) is 23.2 Å². The minimum absolute atomic E-state index is 0.196. The normalized spacial score (nSPS) is 28.3. The molecule has 3 N–H and O–H groups in total. The first-order chi connectivity index (χ1) is 16.9. The van der Waals surface area contributed by atoms with E-state index in [0.717, 1.165) is 44.7 Å². The summed E-state index contributed by atoms with van der Waals surface area (Å²) < 4.78 is 11.1. The summed E-state index contributed by atoms with van der Waals surface area (Å²) in [4.78, 5) is 28.0. The number of aliphatic hydroxyl groups excluding tert-OH is 1. The molecule has 1 aliphatic heterocycles. The number of hydrogen-bond acceptors (Lipinski definition) is 7. The van der Waals surface area contributed by atoms with Gasteiger partial charge in [0, 0.05) is 45.8 Å². The number of piperazine rings is 1. The van der Waals surface area contributed by atoms with Crippen molar-refractivity contribution < 1.29 is 24.2 Å². The summed E-state index contributed by atoms with van der Waals surface area (Å²) in [6.45, 7) is 7.35. The zero-order valence-electron chi connectivity index (χ0n) is 20.2. The number of amides is 1. The van der Waals surface area contributed by atoms with Crippen LogP contribution in [-0.2, 0) is 25.5 Å². The highest BCUT2D eigenvalue weighted by molar-refractivity contribution is 6.25. The van der Waals surface area contributed by atoms with Crippen LogP contribution in [0.5, 0.6) is 0 Å². The molecule has 0 spiro atoms. The fraction of sp³-hybridized carbons (Fsp3) is 0.680. The number of alkyl halides is 2. The Balaban J connectivity index is 1.53. The Morgan fingerprint density at radius 2 is 1.94 bits per heavy atom. The van der Waals surface area contributed by atoms with Crippen LogP contribution in [0.15, 0.2) is 30.3 Å². The number of nitrogens with one attached hydrogen (secondary N) is 2. The van der Waals surface area contributed by atoms with Crippen molar-refractivity contribution >= 4 is 35.1 Å². The minimum atomic E-state index is -1.15. The van der Waals surface area contributed by atoms with Crippen molar-refractivity contribution in [3.05, 3.63) is 35.9 Å². The van der Waals surface area contributed by atoms with Gasteiger partial charge in [0.15, 0.2) is 0 Å². The van der Waals surface area contributed by atoms with Crippen molar-refractivity contribution in [1.29, 1.82) is 0 Å². The quantitative estimate of drug-likeness (QED) is 0.227. The Morgan fingerprint density at radius 3 is 2.63 bits per heavy atom. The fourth-order valence-corrected chi connectivity index (χ4v) is 5.52. The third-order valence-electron chi connectivity index (χ3n) is 6.53. The van der Waals surface area contributed by atoms with Crippen LogP contribution in [0.25, 0.3) is 0 Å². The third-order valence-corrected chi connectivity index (χ3v) is 7.47. The Bertz CT molecular complexity index is 797. The van der Waals surface area contributed by atoms with Gasteiger partial charge in [0.2, 0.25) is 5.91 Å². The molecule has 1 amide bonds. The Kier molecular flexibility index (Phi) is 11.5. The van der Waals surface area contributed by atoms with Gasteiger partial charge >= 0.3 is 5.97 Å². The van der Waals surface area contributed by atoms with Crippen LogP contribution < -0.4 is 10.6 Å². The molecule has 8 nitrogen and oxygen atoms in total. The number of benzene rings is 1. The SMILES string of the molecule is CCOC(=O)[C@@H](Cc1ccccc1)NC(=O)C1CC(Cl)C(OCCCN2CCNCC2)C(Cl)C1O. The van der Waals surface area contributed by atoms with Crippen LogP contribution in [-0.4, -0.2) is 96.8 Å². The molecule has 6 atom stereocenters. The van der Waals surface area contributed by atoms with Crippen molar-refractivity contribution in [3.8, 4) is 0 Å². The number of carbonyl (C=O) groups excluding carboxylic acids is 2. The Labute approximate surface area is 217 Å². The first-order valence-corrected chi connectivity index (χ1v) is 13.3. The van der Waals surface area contributed by atoms with E-state index in [9.17, 15) is 14.7 Å². The molecule has 0 aromatic heterocycles. The highest BCUT2D eigenvalue weighted by Crippen LogP contribution is 2.34. The molecule has 1 saturated heterocycles. The predicted molar refractivity (Wildman–Crippen MR) is 136 cm³/mol. The maximum absolute atomic E-state index is 13.1. The lowest BCUT2D eigenvalue weighted by Crippen LogP contribution is -2.56. The molecular formula is C25H37Cl2N3O5. The van der Waals surface area contributed by atoms with Crippen LogP contribution in [0.3, 0.4) is 0 Å². The molecule has 1 saturated carbocycles. The molecule has 2 aliphatic rings. The molecule has 35 heavy (non-hydrogen) atoms. The number of halogens is 2. The summed E-state index contributed by atoms with van der Waals surface area (Å²) in [6, 6.07) is 8.49. The van der Waals surface area contributed by atoms with E-state index in [-0.39, 0.29) is 19.4 Å². The molecule has 1 heterocycles. The Hall–Kier alpha value is -1.42. The average Bonchev–Trinajstić information content (AvgIpc) is 2.86. The highest BCUT2D eigenvalue weighted by atomic mass is 35.5. The molecule has 10 heteroatoms. The van der Waals surface area contributed by atoms with Crippen molar-refractivity contribution in [2.45, 2.75) is 55.2 Å². The molecule has 1 aliphatic carbocycles. The molecule has 1 aromatic rings. The maximum atomic E-state index is 13.1. The predicted octanol–water partition coefficient (Wildman–Crippen LogP) is 1.55. The number of carbonyl (C=O) groups is 2. The lowest BCUT2D eigenvalue weighted by molar-refractivity contribution is -0.149. The van der Waals surface area contributed by atoms with E-state index in [1.54, 1.807) is 6.92 Å². The van der Waals surface area contributed by atoms with Gasteiger partial charge in [-0.3, -0.25) is 4.79 Å². The second-order valence-corrected chi connectivity index (χ2v) is 10.1. The fourth-order valence-electron chi connectivity index (χ4n) is 4.60. The van der Waals surface area contributed by atoms with E-state index in [1.807, 2.05) is 30.3 Å². The van der Waals surface area contributed by atoms with Crippen LogP contribution in [0.1, 0.15) is 25.3 Å². The number of nitrogens with zero attached hydrogens (tertiary/aromatic N) is 1. The molecule has 196 valence electrons. The number of aliphatic hydroxyl groups is 1. The Morgan fingerprint density at radius 1 is 1.23 bits per heavy atom. The summed E-state index contributed by atoms with van der Waals surface area (Å²) in [5.41, 5.74) is 0.884. The second-order valence-electron chi connectivity index (χ2n) is 9.08. The van der Waals surface area contributed by atoms with E-state index < -0.39 is 46.8 Å². The summed E-state index contributed by atoms with van der Waals surface area (Å²) in [6.07, 6.45) is -0.400. The van der Waals surface area contributed by atoms with Gasteiger partial charge in [0.25, 0.3) is 0 Å². The van der Waals surface area contributed by atoms with Crippen LogP contribution in [0, 0.1) is 5.92 Å². The van der Waals surface area contributed by atoms with Gasteiger partial charge in [0.1, 0.15) is 6.04 Å². The molecule has 0 bridgehead atoms. The molecular weight excluding hydrogens is 493 g/mol. The first-order valence-electron chi connectivity index (χ1n) is 12.4. The van der Waals surface area contributed by atoms with Gasteiger partial charge in [-0.1, -0.05) is 30.3 Å². The van der Waals surface area contributed by atoms with Crippen LogP contribution in [0.2, 0.25) is 0 Å². The summed E-state index contributed by atoms with van der Waals surface area (Å²) in [7, 11) is 0. The van der Waals surface area contributed by atoms with Crippen molar-refractivity contribution in [2.24, 2.45) is 5.92 Å². The van der Waals surface area contributed by atoms with E-state index in [0.29, 0.717) is 6.61 Å². The van der Waals surface area contributed by atoms with E-state index >= 15 is 0 Å². The zero-order chi connectivity index (χ0) is 25.2. The minimum Gasteiger partial charge on any atom is -0.464 e. The topological polar surface area (TPSA) is 100 Å². The molecule has 2 fully saturated rings. The number of rotatable bonds is 11. The smallest absolute Gasteiger partial charge is 0.328 e. The molecule has 5 unspecified atom stereocenters. The monoisotopic (exact) mass is 529 g/mol. The van der Waals surface area contributed by atoms with Gasteiger partial charge < -0.3 is 30.1 Å². The van der Waals surface area contributed by atoms with Crippen molar-refractivity contribution in [3.63, 3.8) is 0 Å². The number of esters is 1. The number of hydrogen-bond donors (Lipinski definition) is 3. The van der Waals surface area contributed by atoms with Gasteiger partial charge in [-0.05, 0) is 25.3 Å². The van der Waals surface area contributed by atoms with Crippen LogP contribution in [0.4, 0.5) is 0 Å². The third kappa shape index (κ3) is 8.30. The second kappa shape index (κ2) is 14.4.